The molecule has 0 radical (unpaired) electrons. The third kappa shape index (κ3) is 2.50. The Morgan fingerprint density at radius 3 is 2.76 bits per heavy atom. The fraction of sp³-hybridized carbons (Fsp3) is 0. The summed E-state index contributed by atoms with van der Waals surface area (Å²) in [4.78, 5) is 11.6. The molecule has 2 rings (SSSR count). The van der Waals surface area contributed by atoms with E-state index < -0.39 is 17.5 Å². The Hall–Kier alpha value is -1.76. The molecule has 1 aromatic heterocycles. The maximum absolute atomic E-state index is 13.3. The largest absolute Gasteiger partial charge is 0.319 e. The van der Waals surface area contributed by atoms with Gasteiger partial charge in [0.25, 0.3) is 5.91 Å². The zero-order valence-electron chi connectivity index (χ0n) is 8.30. The fourth-order valence-electron chi connectivity index (χ4n) is 1.19. The van der Waals surface area contributed by atoms with Gasteiger partial charge in [0.1, 0.15) is 11.6 Å². The van der Waals surface area contributed by atoms with Gasteiger partial charge in [-0.15, -0.1) is 0 Å². The minimum Gasteiger partial charge on any atom is -0.319 e. The predicted octanol–water partition coefficient (Wildman–Crippen LogP) is 2.70. The van der Waals surface area contributed by atoms with Gasteiger partial charge in [-0.25, -0.2) is 8.78 Å². The topological polar surface area (TPSA) is 57.8 Å². The van der Waals surface area contributed by atoms with Gasteiger partial charge >= 0.3 is 0 Å². The van der Waals surface area contributed by atoms with E-state index in [0.29, 0.717) is 6.07 Å². The molecule has 1 amide bonds. The third-order valence-electron chi connectivity index (χ3n) is 2.02. The molecule has 0 aliphatic carbocycles. The maximum atomic E-state index is 13.3. The summed E-state index contributed by atoms with van der Waals surface area (Å²) in [5, 5.41) is 8.36. The van der Waals surface area contributed by atoms with Crippen molar-refractivity contribution in [3.63, 3.8) is 0 Å². The van der Waals surface area contributed by atoms with E-state index in [1.807, 2.05) is 0 Å². The van der Waals surface area contributed by atoms with Gasteiger partial charge in [0.05, 0.1) is 21.9 Å². The third-order valence-corrected chi connectivity index (χ3v) is 2.63. The normalized spacial score (nSPS) is 10.3. The second kappa shape index (κ2) is 4.62. The van der Waals surface area contributed by atoms with E-state index in [2.05, 4.69) is 31.4 Å². The highest BCUT2D eigenvalue weighted by Crippen LogP contribution is 2.23. The summed E-state index contributed by atoms with van der Waals surface area (Å²) >= 11 is 2.91. The van der Waals surface area contributed by atoms with E-state index in [1.54, 1.807) is 0 Å². The molecule has 4 nitrogen and oxygen atoms in total. The van der Waals surface area contributed by atoms with Crippen LogP contribution in [0.5, 0.6) is 0 Å². The van der Waals surface area contributed by atoms with E-state index in [9.17, 15) is 13.6 Å². The van der Waals surface area contributed by atoms with Crippen molar-refractivity contribution in [2.24, 2.45) is 0 Å². The van der Waals surface area contributed by atoms with Gasteiger partial charge < -0.3 is 5.32 Å². The molecule has 0 spiro atoms. The second-order valence-electron chi connectivity index (χ2n) is 3.19. The van der Waals surface area contributed by atoms with Crippen molar-refractivity contribution in [1.82, 2.24) is 10.2 Å². The van der Waals surface area contributed by atoms with Crippen LogP contribution in [0.15, 0.2) is 29.0 Å². The zero-order valence-corrected chi connectivity index (χ0v) is 9.88. The van der Waals surface area contributed by atoms with E-state index in [-0.39, 0.29) is 15.7 Å². The Kier molecular flexibility index (Phi) is 3.19. The summed E-state index contributed by atoms with van der Waals surface area (Å²) < 4.78 is 26.4. The van der Waals surface area contributed by atoms with Crippen molar-refractivity contribution >= 4 is 27.5 Å². The second-order valence-corrected chi connectivity index (χ2v) is 4.04. The summed E-state index contributed by atoms with van der Waals surface area (Å²) in [7, 11) is 0. The number of nitrogens with zero attached hydrogens (tertiary/aromatic N) is 1. The van der Waals surface area contributed by atoms with Crippen molar-refractivity contribution in [1.29, 1.82) is 0 Å². The van der Waals surface area contributed by atoms with Crippen molar-refractivity contribution in [3.05, 3.63) is 46.2 Å². The number of benzene rings is 1. The molecule has 0 atom stereocenters. The number of aromatic nitrogens is 2. The Labute approximate surface area is 103 Å². The molecular weight excluding hydrogens is 296 g/mol. The van der Waals surface area contributed by atoms with Crippen LogP contribution in [0, 0.1) is 11.6 Å². The summed E-state index contributed by atoms with van der Waals surface area (Å²) in [6.45, 7) is 0. The highest BCUT2D eigenvalue weighted by Gasteiger charge is 2.12. The smallest absolute Gasteiger partial charge is 0.258 e. The van der Waals surface area contributed by atoms with Crippen molar-refractivity contribution in [2.45, 2.75) is 0 Å². The number of rotatable bonds is 2. The number of carbonyl (C=O) groups excluding carboxylic acids is 1. The van der Waals surface area contributed by atoms with Crippen LogP contribution in [-0.2, 0) is 0 Å². The average Bonchev–Trinajstić information content (AvgIpc) is 2.79. The minimum absolute atomic E-state index is 0.0707. The molecule has 0 unspecified atom stereocenters. The number of H-pyrrole nitrogens is 1. The number of aromatic amines is 1. The maximum Gasteiger partial charge on any atom is 0.258 e. The molecule has 1 heterocycles. The van der Waals surface area contributed by atoms with Crippen LogP contribution in [0.2, 0.25) is 0 Å². The average molecular weight is 302 g/mol. The van der Waals surface area contributed by atoms with Crippen LogP contribution in [0.4, 0.5) is 14.5 Å². The molecule has 0 fully saturated rings. The summed E-state index contributed by atoms with van der Waals surface area (Å²) in [5.74, 6) is -2.11. The summed E-state index contributed by atoms with van der Waals surface area (Å²) in [6.07, 6.45) is 2.66. The molecule has 0 saturated heterocycles. The van der Waals surface area contributed by atoms with Crippen molar-refractivity contribution in [3.8, 4) is 0 Å². The molecule has 2 aromatic rings. The number of hydrogen-bond acceptors (Lipinski definition) is 2. The molecule has 0 saturated carbocycles. The SMILES string of the molecule is O=C(Nc1cc(Br)c(F)cc1F)c1cn[nH]c1. The van der Waals surface area contributed by atoms with Crippen LogP contribution in [0.25, 0.3) is 0 Å². The Bertz CT molecular complexity index is 557. The lowest BCUT2D eigenvalue weighted by atomic mass is 10.2. The fourth-order valence-corrected chi connectivity index (χ4v) is 1.53. The number of nitrogens with one attached hydrogen (secondary N) is 2. The predicted molar refractivity (Wildman–Crippen MR) is 60.6 cm³/mol. The molecule has 7 heteroatoms. The van der Waals surface area contributed by atoms with E-state index in [4.69, 9.17) is 0 Å². The molecule has 2 N–H and O–H groups in total. The van der Waals surface area contributed by atoms with Crippen LogP contribution < -0.4 is 5.32 Å². The van der Waals surface area contributed by atoms with Crippen LogP contribution >= 0.6 is 15.9 Å². The van der Waals surface area contributed by atoms with Gasteiger partial charge in [0, 0.05) is 12.3 Å². The number of hydrogen-bond donors (Lipinski definition) is 2. The number of carbonyl (C=O) groups is 1. The number of amides is 1. The van der Waals surface area contributed by atoms with Crippen molar-refractivity contribution in [2.75, 3.05) is 5.32 Å². The number of anilines is 1. The van der Waals surface area contributed by atoms with Gasteiger partial charge in [-0.2, -0.15) is 5.10 Å². The first-order valence-electron chi connectivity index (χ1n) is 4.52. The zero-order chi connectivity index (χ0) is 12.4. The summed E-state index contributed by atoms with van der Waals surface area (Å²) in [6, 6.07) is 1.84. The van der Waals surface area contributed by atoms with Gasteiger partial charge in [-0.05, 0) is 22.0 Å². The highest BCUT2D eigenvalue weighted by molar-refractivity contribution is 9.10. The van der Waals surface area contributed by atoms with E-state index in [1.165, 1.54) is 12.4 Å². The van der Waals surface area contributed by atoms with Crippen LogP contribution in [0.1, 0.15) is 10.4 Å². The van der Waals surface area contributed by atoms with Gasteiger partial charge in [-0.1, -0.05) is 0 Å². The first-order valence-corrected chi connectivity index (χ1v) is 5.32. The first-order chi connectivity index (χ1) is 8.08. The van der Waals surface area contributed by atoms with Crippen molar-refractivity contribution < 1.29 is 13.6 Å². The molecule has 17 heavy (non-hydrogen) atoms. The Balaban J connectivity index is 2.25. The molecule has 0 aliphatic heterocycles. The Morgan fingerprint density at radius 1 is 1.35 bits per heavy atom. The van der Waals surface area contributed by atoms with Crippen LogP contribution in [0.3, 0.4) is 0 Å². The quantitative estimate of drug-likeness (QED) is 0.838. The molecule has 88 valence electrons. The van der Waals surface area contributed by atoms with Gasteiger partial charge in [0.15, 0.2) is 0 Å². The standard InChI is InChI=1S/C10H6BrF2N3O/c11-6-1-9(8(13)2-7(6)12)16-10(17)5-3-14-15-4-5/h1-4H,(H,14,15)(H,16,17). The molecular formula is C10H6BrF2N3O. The van der Waals surface area contributed by atoms with E-state index in [0.717, 1.165) is 6.07 Å². The molecule has 0 aliphatic rings. The lowest BCUT2D eigenvalue weighted by Gasteiger charge is -2.06. The Morgan fingerprint density at radius 2 is 2.12 bits per heavy atom. The molecule has 0 bridgehead atoms. The lowest BCUT2D eigenvalue weighted by Crippen LogP contribution is -2.12. The van der Waals surface area contributed by atoms with Crippen LogP contribution in [-0.4, -0.2) is 16.1 Å². The minimum atomic E-state index is -0.845. The van der Waals surface area contributed by atoms with Gasteiger partial charge in [0.2, 0.25) is 0 Å². The van der Waals surface area contributed by atoms with Gasteiger partial charge in [-0.3, -0.25) is 9.89 Å². The molecule has 1 aromatic carbocycles. The lowest BCUT2D eigenvalue weighted by molar-refractivity contribution is 0.102. The first kappa shape index (κ1) is 11.7. The highest BCUT2D eigenvalue weighted by atomic mass is 79.9. The number of halogens is 3. The monoisotopic (exact) mass is 301 g/mol. The summed E-state index contributed by atoms with van der Waals surface area (Å²) in [5.41, 5.74) is 0.148. The van der Waals surface area contributed by atoms with E-state index >= 15 is 0 Å².